The predicted molar refractivity (Wildman–Crippen MR) is 110 cm³/mol. The highest BCUT2D eigenvalue weighted by Crippen LogP contribution is 2.32. The molecule has 4 rings (SSSR count). The number of aromatic nitrogens is 5. The molecule has 0 bridgehead atoms. The minimum absolute atomic E-state index is 0.187. The molecule has 0 saturated carbocycles. The summed E-state index contributed by atoms with van der Waals surface area (Å²) in [4.78, 5) is 13.0. The highest BCUT2D eigenvalue weighted by Gasteiger charge is 2.23. The zero-order valence-electron chi connectivity index (χ0n) is 15.6. The molecule has 1 amide bonds. The van der Waals surface area contributed by atoms with E-state index in [2.05, 4.69) is 26.0 Å². The molecule has 0 aliphatic carbocycles. The summed E-state index contributed by atoms with van der Waals surface area (Å²) in [6.07, 6.45) is 0. The molecule has 0 radical (unpaired) electrons. The van der Waals surface area contributed by atoms with E-state index in [1.165, 1.54) is 11.8 Å². The van der Waals surface area contributed by atoms with Crippen LogP contribution in [-0.4, -0.2) is 31.3 Å². The maximum absolute atomic E-state index is 13.0. The van der Waals surface area contributed by atoms with Crippen molar-refractivity contribution in [3.05, 3.63) is 83.9 Å². The molecule has 8 nitrogen and oxygen atoms in total. The van der Waals surface area contributed by atoms with E-state index in [-0.39, 0.29) is 5.91 Å². The van der Waals surface area contributed by atoms with Crippen LogP contribution in [0.25, 0.3) is 5.69 Å². The van der Waals surface area contributed by atoms with Gasteiger partial charge in [0.15, 0.2) is 11.6 Å². The fourth-order valence-corrected chi connectivity index (χ4v) is 3.85. The Morgan fingerprint density at radius 1 is 1.14 bits per heavy atom. The molecule has 2 aromatic carbocycles. The zero-order valence-corrected chi connectivity index (χ0v) is 16.4. The first-order chi connectivity index (χ1) is 14.2. The molecule has 1 N–H and O–H groups in total. The number of nitrogens with one attached hydrogen (secondary N) is 1. The quantitative estimate of drug-likeness (QED) is 0.501. The van der Waals surface area contributed by atoms with Crippen molar-refractivity contribution in [2.75, 3.05) is 5.32 Å². The molecule has 0 aliphatic heterocycles. The first-order valence-electron chi connectivity index (χ1n) is 8.94. The third-order valence-electron chi connectivity index (χ3n) is 4.13. The molecule has 2 heterocycles. The van der Waals surface area contributed by atoms with Gasteiger partial charge in [-0.3, -0.25) is 4.79 Å². The van der Waals surface area contributed by atoms with Gasteiger partial charge >= 0.3 is 0 Å². The Bertz CT molecular complexity index is 1080. The van der Waals surface area contributed by atoms with E-state index < -0.39 is 5.25 Å². The predicted octanol–water partition coefficient (Wildman–Crippen LogP) is 3.57. The number of anilines is 1. The van der Waals surface area contributed by atoms with Crippen molar-refractivity contribution in [1.29, 1.82) is 0 Å². The molecule has 1 unspecified atom stereocenters. The van der Waals surface area contributed by atoms with Gasteiger partial charge in [0.2, 0.25) is 5.91 Å². The number of hydrogen-bond acceptors (Lipinski definition) is 7. The molecule has 4 aromatic rings. The van der Waals surface area contributed by atoms with Crippen molar-refractivity contribution in [3.8, 4) is 5.69 Å². The normalized spacial score (nSPS) is 11.9. The number of hydrogen-bond donors (Lipinski definition) is 1. The summed E-state index contributed by atoms with van der Waals surface area (Å²) >= 11 is 1.44. The molecule has 2 aromatic heterocycles. The summed E-state index contributed by atoms with van der Waals surface area (Å²) in [6, 6.07) is 20.9. The second kappa shape index (κ2) is 8.70. The molecule has 9 heteroatoms. The Hall–Kier alpha value is -3.46. The lowest BCUT2D eigenvalue weighted by Gasteiger charge is -2.16. The van der Waals surface area contributed by atoms with Crippen LogP contribution in [0.5, 0.6) is 0 Å². The zero-order chi connectivity index (χ0) is 20.1. The molecule has 1 atom stereocenters. The molecular weight excluding hydrogens is 388 g/mol. The number of benzene rings is 2. The van der Waals surface area contributed by atoms with E-state index in [4.69, 9.17) is 4.52 Å². The number of rotatable bonds is 7. The summed E-state index contributed by atoms with van der Waals surface area (Å²) in [6.45, 7) is 1.77. The van der Waals surface area contributed by atoms with E-state index in [1.54, 1.807) is 17.7 Å². The van der Waals surface area contributed by atoms with Gasteiger partial charge in [-0.25, -0.2) is 0 Å². The number of amides is 1. The van der Waals surface area contributed by atoms with Crippen LogP contribution < -0.4 is 5.32 Å². The van der Waals surface area contributed by atoms with E-state index in [0.717, 1.165) is 11.3 Å². The Kier molecular flexibility index (Phi) is 5.66. The number of carbonyl (C=O) groups excluding carboxylic acids is 1. The van der Waals surface area contributed by atoms with Gasteiger partial charge < -0.3 is 9.84 Å². The van der Waals surface area contributed by atoms with Gasteiger partial charge in [-0.2, -0.15) is 4.68 Å². The monoisotopic (exact) mass is 406 g/mol. The Morgan fingerprint density at radius 2 is 1.86 bits per heavy atom. The number of tetrazole rings is 1. The smallest absolute Gasteiger partial charge is 0.243 e. The number of para-hydroxylation sites is 1. The average Bonchev–Trinajstić information content (AvgIpc) is 3.38. The highest BCUT2D eigenvalue weighted by molar-refractivity contribution is 7.99. The number of carbonyl (C=O) groups is 1. The molecule has 0 saturated heterocycles. The molecule has 146 valence electrons. The number of aryl methyl sites for hydroxylation is 1. The Balaban J connectivity index is 1.54. The minimum atomic E-state index is -0.464. The van der Waals surface area contributed by atoms with Gasteiger partial charge in [0.25, 0.3) is 0 Å². The van der Waals surface area contributed by atoms with Crippen molar-refractivity contribution in [2.45, 2.75) is 17.9 Å². The minimum Gasteiger partial charge on any atom is -0.360 e. The van der Waals surface area contributed by atoms with Crippen molar-refractivity contribution in [3.63, 3.8) is 0 Å². The summed E-state index contributed by atoms with van der Waals surface area (Å²) in [7, 11) is 0. The van der Waals surface area contributed by atoms with Crippen LogP contribution >= 0.6 is 11.8 Å². The van der Waals surface area contributed by atoms with Crippen LogP contribution in [0, 0.1) is 6.92 Å². The van der Waals surface area contributed by atoms with Gasteiger partial charge in [0.05, 0.1) is 11.4 Å². The van der Waals surface area contributed by atoms with E-state index in [9.17, 15) is 4.79 Å². The number of nitrogens with zero attached hydrogens (tertiary/aromatic N) is 5. The van der Waals surface area contributed by atoms with E-state index in [0.29, 0.717) is 23.2 Å². The Labute approximate surface area is 171 Å². The lowest BCUT2D eigenvalue weighted by atomic mass is 10.1. The van der Waals surface area contributed by atoms with Crippen molar-refractivity contribution in [1.82, 2.24) is 25.4 Å². The molecular formula is C20H18N6O2S. The summed E-state index contributed by atoms with van der Waals surface area (Å²) in [5.74, 6) is 1.95. The van der Waals surface area contributed by atoms with Crippen LogP contribution in [0.3, 0.4) is 0 Å². The van der Waals surface area contributed by atoms with Crippen LogP contribution in [0.1, 0.15) is 22.4 Å². The molecule has 0 fully saturated rings. The number of thioether (sulfide) groups is 1. The van der Waals surface area contributed by atoms with Gasteiger partial charge in [-0.05, 0) is 35.0 Å². The fraction of sp³-hybridized carbons (Fsp3) is 0.150. The molecule has 29 heavy (non-hydrogen) atoms. The second-order valence-electron chi connectivity index (χ2n) is 6.26. The first-order valence-corrected chi connectivity index (χ1v) is 9.99. The third kappa shape index (κ3) is 4.52. The van der Waals surface area contributed by atoms with Gasteiger partial charge in [0, 0.05) is 6.07 Å². The fourth-order valence-electron chi connectivity index (χ4n) is 2.79. The van der Waals surface area contributed by atoms with Crippen LogP contribution in [-0.2, 0) is 10.5 Å². The lowest BCUT2D eigenvalue weighted by molar-refractivity contribution is -0.115. The SMILES string of the molecule is Cc1cc(NC(=O)C(SCc2nnnn2-c2ccccc2)c2ccccc2)no1. The second-order valence-corrected chi connectivity index (χ2v) is 7.35. The van der Waals surface area contributed by atoms with Gasteiger partial charge in [-0.15, -0.1) is 16.9 Å². The van der Waals surface area contributed by atoms with Crippen molar-refractivity contribution < 1.29 is 9.32 Å². The van der Waals surface area contributed by atoms with Gasteiger partial charge in [-0.1, -0.05) is 53.7 Å². The summed E-state index contributed by atoms with van der Waals surface area (Å²) in [5, 5.41) is 18.2. The summed E-state index contributed by atoms with van der Waals surface area (Å²) < 4.78 is 6.71. The Morgan fingerprint density at radius 3 is 2.55 bits per heavy atom. The standard InChI is InChI=1S/C20H18N6O2S/c1-14-12-17(23-28-14)21-20(27)19(15-8-4-2-5-9-15)29-13-18-22-24-25-26(18)16-10-6-3-7-11-16/h2-12,19H,13H2,1H3,(H,21,23,27). The van der Waals surface area contributed by atoms with Crippen molar-refractivity contribution in [2.24, 2.45) is 0 Å². The maximum Gasteiger partial charge on any atom is 0.243 e. The highest BCUT2D eigenvalue weighted by atomic mass is 32.2. The topological polar surface area (TPSA) is 98.7 Å². The lowest BCUT2D eigenvalue weighted by Crippen LogP contribution is -2.19. The van der Waals surface area contributed by atoms with Crippen LogP contribution in [0.4, 0.5) is 5.82 Å². The van der Waals surface area contributed by atoms with E-state index >= 15 is 0 Å². The molecule has 0 spiro atoms. The maximum atomic E-state index is 13.0. The molecule has 0 aliphatic rings. The largest absolute Gasteiger partial charge is 0.360 e. The summed E-state index contributed by atoms with van der Waals surface area (Å²) in [5.41, 5.74) is 1.75. The third-order valence-corrected chi connectivity index (χ3v) is 5.38. The van der Waals surface area contributed by atoms with Gasteiger partial charge in [0.1, 0.15) is 11.0 Å². The van der Waals surface area contributed by atoms with Crippen LogP contribution in [0.15, 0.2) is 71.3 Å². The first kappa shape index (κ1) is 18.9. The van der Waals surface area contributed by atoms with Crippen LogP contribution in [0.2, 0.25) is 0 Å². The van der Waals surface area contributed by atoms with E-state index in [1.807, 2.05) is 60.7 Å². The van der Waals surface area contributed by atoms with Crippen molar-refractivity contribution >= 4 is 23.5 Å². The average molecular weight is 406 g/mol.